The Bertz CT molecular complexity index is 218. The average molecular weight is 226 g/mol. The first-order valence-corrected chi connectivity index (χ1v) is 6.44. The Labute approximate surface area is 99.4 Å². The van der Waals surface area contributed by atoms with E-state index < -0.39 is 0 Å². The molecule has 1 fully saturated rings. The SMILES string of the molecule is C/C=C/CCNC1(CN)CCOC(CC)C1. The average Bonchev–Trinajstić information content (AvgIpc) is 2.35. The fourth-order valence-electron chi connectivity index (χ4n) is 2.29. The van der Waals surface area contributed by atoms with Crippen LogP contribution in [0.15, 0.2) is 12.2 Å². The van der Waals surface area contributed by atoms with Crippen molar-refractivity contribution in [1.29, 1.82) is 0 Å². The highest BCUT2D eigenvalue weighted by molar-refractivity contribution is 4.94. The molecule has 94 valence electrons. The molecule has 3 heteroatoms. The van der Waals surface area contributed by atoms with E-state index in [0.717, 1.165) is 38.8 Å². The molecule has 0 spiro atoms. The summed E-state index contributed by atoms with van der Waals surface area (Å²) in [5, 5.41) is 3.63. The third kappa shape index (κ3) is 3.89. The standard InChI is InChI=1S/C13H26N2O/c1-3-5-6-8-15-13(11-14)7-9-16-12(4-2)10-13/h3,5,12,15H,4,6-11,14H2,1-2H3/b5-3+. The van der Waals surface area contributed by atoms with E-state index in [1.807, 2.05) is 0 Å². The minimum Gasteiger partial charge on any atom is -0.378 e. The summed E-state index contributed by atoms with van der Waals surface area (Å²) >= 11 is 0. The van der Waals surface area contributed by atoms with Crippen molar-refractivity contribution in [3.05, 3.63) is 12.2 Å². The van der Waals surface area contributed by atoms with Crippen molar-refractivity contribution in [2.45, 2.75) is 51.2 Å². The van der Waals surface area contributed by atoms with Gasteiger partial charge in [0.25, 0.3) is 0 Å². The van der Waals surface area contributed by atoms with Crippen LogP contribution in [-0.2, 0) is 4.74 Å². The van der Waals surface area contributed by atoms with Crippen molar-refractivity contribution in [2.24, 2.45) is 5.73 Å². The van der Waals surface area contributed by atoms with E-state index in [-0.39, 0.29) is 5.54 Å². The summed E-state index contributed by atoms with van der Waals surface area (Å²) in [6, 6.07) is 0. The van der Waals surface area contributed by atoms with E-state index in [9.17, 15) is 0 Å². The maximum absolute atomic E-state index is 5.93. The van der Waals surface area contributed by atoms with Gasteiger partial charge < -0.3 is 15.8 Å². The van der Waals surface area contributed by atoms with Crippen molar-refractivity contribution in [2.75, 3.05) is 19.7 Å². The quantitative estimate of drug-likeness (QED) is 0.536. The van der Waals surface area contributed by atoms with Gasteiger partial charge in [0.05, 0.1) is 6.10 Å². The molecule has 3 N–H and O–H groups in total. The molecule has 1 rings (SSSR count). The van der Waals surface area contributed by atoms with Gasteiger partial charge in [-0.2, -0.15) is 0 Å². The second kappa shape index (κ2) is 7.05. The molecule has 2 unspecified atom stereocenters. The van der Waals surface area contributed by atoms with Crippen LogP contribution in [-0.4, -0.2) is 31.3 Å². The zero-order valence-electron chi connectivity index (χ0n) is 10.7. The first-order valence-electron chi connectivity index (χ1n) is 6.44. The highest BCUT2D eigenvalue weighted by atomic mass is 16.5. The van der Waals surface area contributed by atoms with E-state index in [4.69, 9.17) is 10.5 Å². The van der Waals surface area contributed by atoms with Crippen LogP contribution in [0.4, 0.5) is 0 Å². The topological polar surface area (TPSA) is 47.3 Å². The van der Waals surface area contributed by atoms with Gasteiger partial charge in [-0.05, 0) is 39.2 Å². The molecular weight excluding hydrogens is 200 g/mol. The molecule has 3 nitrogen and oxygen atoms in total. The summed E-state index contributed by atoms with van der Waals surface area (Å²) in [5.74, 6) is 0. The molecule has 0 bridgehead atoms. The summed E-state index contributed by atoms with van der Waals surface area (Å²) in [4.78, 5) is 0. The third-order valence-electron chi connectivity index (χ3n) is 3.45. The number of nitrogens with two attached hydrogens (primary N) is 1. The monoisotopic (exact) mass is 226 g/mol. The van der Waals surface area contributed by atoms with Gasteiger partial charge in [0.15, 0.2) is 0 Å². The van der Waals surface area contributed by atoms with Crippen LogP contribution in [0.1, 0.15) is 39.5 Å². The molecule has 1 heterocycles. The van der Waals surface area contributed by atoms with E-state index in [1.165, 1.54) is 0 Å². The number of hydrogen-bond acceptors (Lipinski definition) is 3. The normalized spacial score (nSPS) is 31.1. The van der Waals surface area contributed by atoms with Crippen LogP contribution in [0.5, 0.6) is 0 Å². The zero-order valence-corrected chi connectivity index (χ0v) is 10.7. The van der Waals surface area contributed by atoms with Crippen molar-refractivity contribution in [1.82, 2.24) is 5.32 Å². The van der Waals surface area contributed by atoms with E-state index >= 15 is 0 Å². The molecular formula is C13H26N2O. The number of hydrogen-bond donors (Lipinski definition) is 2. The summed E-state index contributed by atoms with van der Waals surface area (Å²) in [7, 11) is 0. The highest BCUT2D eigenvalue weighted by Gasteiger charge is 2.34. The van der Waals surface area contributed by atoms with Gasteiger partial charge in [0.2, 0.25) is 0 Å². The van der Waals surface area contributed by atoms with Crippen LogP contribution in [0.3, 0.4) is 0 Å². The second-order valence-electron chi connectivity index (χ2n) is 4.62. The van der Waals surface area contributed by atoms with Gasteiger partial charge in [-0.15, -0.1) is 0 Å². The Kier molecular flexibility index (Phi) is 6.03. The minimum atomic E-state index is 0.112. The van der Waals surface area contributed by atoms with Gasteiger partial charge in [-0.25, -0.2) is 0 Å². The molecule has 2 atom stereocenters. The predicted molar refractivity (Wildman–Crippen MR) is 68.5 cm³/mol. The van der Waals surface area contributed by atoms with E-state index in [2.05, 4.69) is 31.3 Å². The molecule has 0 radical (unpaired) electrons. The molecule has 1 saturated heterocycles. The first-order chi connectivity index (χ1) is 7.76. The van der Waals surface area contributed by atoms with Gasteiger partial charge >= 0.3 is 0 Å². The smallest absolute Gasteiger partial charge is 0.0590 e. The van der Waals surface area contributed by atoms with Gasteiger partial charge in [-0.3, -0.25) is 0 Å². The lowest BCUT2D eigenvalue weighted by Crippen LogP contribution is -2.56. The Morgan fingerprint density at radius 1 is 1.56 bits per heavy atom. The lowest BCUT2D eigenvalue weighted by molar-refractivity contribution is -0.0277. The maximum Gasteiger partial charge on any atom is 0.0590 e. The molecule has 0 aliphatic carbocycles. The molecule has 0 saturated carbocycles. The van der Waals surface area contributed by atoms with Gasteiger partial charge in [-0.1, -0.05) is 19.1 Å². The van der Waals surface area contributed by atoms with Gasteiger partial charge in [0, 0.05) is 18.7 Å². The third-order valence-corrected chi connectivity index (χ3v) is 3.45. The lowest BCUT2D eigenvalue weighted by atomic mass is 9.85. The van der Waals surface area contributed by atoms with Crippen LogP contribution in [0, 0.1) is 0 Å². The number of allylic oxidation sites excluding steroid dienone is 1. The molecule has 16 heavy (non-hydrogen) atoms. The first kappa shape index (κ1) is 13.7. The summed E-state index contributed by atoms with van der Waals surface area (Å²) in [6.45, 7) is 6.80. The van der Waals surface area contributed by atoms with Crippen molar-refractivity contribution in [3.8, 4) is 0 Å². The highest BCUT2D eigenvalue weighted by Crippen LogP contribution is 2.25. The zero-order chi connectivity index (χ0) is 11.9. The van der Waals surface area contributed by atoms with Gasteiger partial charge in [0.1, 0.15) is 0 Å². The summed E-state index contributed by atoms with van der Waals surface area (Å²) < 4.78 is 5.70. The molecule has 1 aliphatic heterocycles. The van der Waals surface area contributed by atoms with Crippen LogP contribution in [0.25, 0.3) is 0 Å². The fourth-order valence-corrected chi connectivity index (χ4v) is 2.29. The predicted octanol–water partition coefficient (Wildman–Crippen LogP) is 1.83. The molecule has 1 aliphatic rings. The molecule has 0 aromatic carbocycles. The summed E-state index contributed by atoms with van der Waals surface area (Å²) in [5.41, 5.74) is 6.05. The van der Waals surface area contributed by atoms with Crippen LogP contribution >= 0.6 is 0 Å². The Morgan fingerprint density at radius 2 is 2.38 bits per heavy atom. The van der Waals surface area contributed by atoms with Crippen molar-refractivity contribution >= 4 is 0 Å². The Balaban J connectivity index is 2.42. The fraction of sp³-hybridized carbons (Fsp3) is 0.846. The van der Waals surface area contributed by atoms with Crippen molar-refractivity contribution in [3.63, 3.8) is 0 Å². The van der Waals surface area contributed by atoms with Crippen molar-refractivity contribution < 1.29 is 4.74 Å². The molecule has 0 amide bonds. The van der Waals surface area contributed by atoms with E-state index in [1.54, 1.807) is 0 Å². The number of rotatable bonds is 6. The van der Waals surface area contributed by atoms with Crippen LogP contribution < -0.4 is 11.1 Å². The largest absolute Gasteiger partial charge is 0.378 e. The lowest BCUT2D eigenvalue weighted by Gasteiger charge is -2.41. The molecule has 0 aromatic heterocycles. The number of ether oxygens (including phenoxy) is 1. The summed E-state index contributed by atoms with van der Waals surface area (Å²) in [6.07, 6.45) is 8.91. The Hall–Kier alpha value is -0.380. The second-order valence-corrected chi connectivity index (χ2v) is 4.62. The van der Waals surface area contributed by atoms with Crippen LogP contribution in [0.2, 0.25) is 0 Å². The Morgan fingerprint density at radius 3 is 3.00 bits per heavy atom. The number of nitrogens with one attached hydrogen (secondary N) is 1. The molecule has 0 aromatic rings. The van der Waals surface area contributed by atoms with E-state index in [0.29, 0.717) is 12.6 Å². The maximum atomic E-state index is 5.93. The minimum absolute atomic E-state index is 0.112.